The highest BCUT2D eigenvalue weighted by molar-refractivity contribution is 9.10. The van der Waals surface area contributed by atoms with E-state index in [1.807, 2.05) is 24.5 Å². The fourth-order valence-corrected chi connectivity index (χ4v) is 2.80. The molecule has 0 aliphatic rings. The van der Waals surface area contributed by atoms with Crippen LogP contribution >= 0.6 is 15.9 Å². The lowest BCUT2D eigenvalue weighted by atomic mass is 9.89. The van der Waals surface area contributed by atoms with Crippen LogP contribution in [0.2, 0.25) is 0 Å². The molecule has 2 atom stereocenters. The number of nitrogens with zero attached hydrogens (tertiary/aromatic N) is 1. The summed E-state index contributed by atoms with van der Waals surface area (Å²) in [6.07, 6.45) is 3.62. The van der Waals surface area contributed by atoms with E-state index in [0.717, 1.165) is 10.0 Å². The summed E-state index contributed by atoms with van der Waals surface area (Å²) in [7, 11) is 0. The Morgan fingerprint density at radius 1 is 1.17 bits per heavy atom. The average Bonchev–Trinajstić information content (AvgIpc) is 2.38. The second-order valence-electron chi connectivity index (χ2n) is 4.62. The van der Waals surface area contributed by atoms with Gasteiger partial charge in [0.05, 0.1) is 0 Å². The first-order chi connectivity index (χ1) is 8.59. The number of nitrogens with two attached hydrogens (primary N) is 1. The monoisotopic (exact) mass is 304 g/mol. The number of aryl methyl sites for hydroxylation is 1. The Hall–Kier alpha value is -1.19. The molecule has 1 aromatic heterocycles. The van der Waals surface area contributed by atoms with E-state index in [0.29, 0.717) is 0 Å². The van der Waals surface area contributed by atoms with Crippen molar-refractivity contribution < 1.29 is 0 Å². The van der Waals surface area contributed by atoms with Gasteiger partial charge in [-0.05, 0) is 41.8 Å². The third-order valence-corrected chi connectivity index (χ3v) is 3.97. The van der Waals surface area contributed by atoms with Gasteiger partial charge in [-0.2, -0.15) is 0 Å². The highest BCUT2D eigenvalue weighted by Crippen LogP contribution is 2.32. The normalized spacial score (nSPS) is 14.2. The summed E-state index contributed by atoms with van der Waals surface area (Å²) in [4.78, 5) is 4.04. The van der Waals surface area contributed by atoms with Crippen LogP contribution in [0.25, 0.3) is 0 Å². The van der Waals surface area contributed by atoms with Gasteiger partial charge in [-0.15, -0.1) is 0 Å². The Bertz CT molecular complexity index is 525. The molecule has 2 unspecified atom stereocenters. The van der Waals surface area contributed by atoms with E-state index in [1.54, 1.807) is 0 Å². The first-order valence-corrected chi connectivity index (χ1v) is 6.80. The molecule has 0 spiro atoms. The summed E-state index contributed by atoms with van der Waals surface area (Å²) in [5, 5.41) is 0. The third kappa shape index (κ3) is 2.79. The zero-order chi connectivity index (χ0) is 13.1. The molecule has 0 saturated heterocycles. The maximum Gasteiger partial charge on any atom is 0.0373 e. The standard InChI is InChI=1S/C15H17BrN2/c1-10-3-4-13(14(16)9-10)15(17)11(2)12-5-7-18-8-6-12/h3-9,11,15H,17H2,1-2H3. The van der Waals surface area contributed by atoms with Crippen LogP contribution in [-0.4, -0.2) is 4.98 Å². The van der Waals surface area contributed by atoms with Crippen molar-refractivity contribution in [1.29, 1.82) is 0 Å². The fourth-order valence-electron chi connectivity index (χ4n) is 2.05. The van der Waals surface area contributed by atoms with E-state index in [-0.39, 0.29) is 12.0 Å². The highest BCUT2D eigenvalue weighted by Gasteiger charge is 2.18. The van der Waals surface area contributed by atoms with Crippen LogP contribution in [0.15, 0.2) is 47.2 Å². The minimum absolute atomic E-state index is 0.0256. The molecule has 0 radical (unpaired) electrons. The third-order valence-electron chi connectivity index (χ3n) is 3.29. The van der Waals surface area contributed by atoms with Crippen LogP contribution in [0, 0.1) is 6.92 Å². The van der Waals surface area contributed by atoms with E-state index in [9.17, 15) is 0 Å². The number of hydrogen-bond acceptors (Lipinski definition) is 2. The van der Waals surface area contributed by atoms with Crippen molar-refractivity contribution >= 4 is 15.9 Å². The van der Waals surface area contributed by atoms with Crippen LogP contribution in [-0.2, 0) is 0 Å². The smallest absolute Gasteiger partial charge is 0.0373 e. The summed E-state index contributed by atoms with van der Waals surface area (Å²) in [5.74, 6) is 0.256. The predicted octanol–water partition coefficient (Wildman–Crippen LogP) is 3.96. The van der Waals surface area contributed by atoms with Crippen LogP contribution < -0.4 is 5.73 Å². The molecular weight excluding hydrogens is 288 g/mol. The topological polar surface area (TPSA) is 38.9 Å². The largest absolute Gasteiger partial charge is 0.323 e. The van der Waals surface area contributed by atoms with E-state index < -0.39 is 0 Å². The van der Waals surface area contributed by atoms with Gasteiger partial charge in [0.25, 0.3) is 0 Å². The molecule has 2 aromatic rings. The number of halogens is 1. The summed E-state index contributed by atoms with van der Waals surface area (Å²) in [6, 6.07) is 10.3. The maximum atomic E-state index is 6.37. The molecule has 1 heterocycles. The number of rotatable bonds is 3. The molecule has 1 aromatic carbocycles. The highest BCUT2D eigenvalue weighted by atomic mass is 79.9. The Labute approximate surface area is 116 Å². The summed E-state index contributed by atoms with van der Waals surface area (Å²) in [6.45, 7) is 4.22. The number of benzene rings is 1. The average molecular weight is 305 g/mol. The lowest BCUT2D eigenvalue weighted by Crippen LogP contribution is -2.18. The Morgan fingerprint density at radius 3 is 2.44 bits per heavy atom. The van der Waals surface area contributed by atoms with E-state index in [2.05, 4.69) is 53.0 Å². The zero-order valence-electron chi connectivity index (χ0n) is 10.6. The SMILES string of the molecule is Cc1ccc(C(N)C(C)c2ccncc2)c(Br)c1. The number of hydrogen-bond donors (Lipinski definition) is 1. The fraction of sp³-hybridized carbons (Fsp3) is 0.267. The number of aromatic nitrogens is 1. The molecule has 94 valence electrons. The van der Waals surface area contributed by atoms with Crippen LogP contribution in [0.4, 0.5) is 0 Å². The van der Waals surface area contributed by atoms with Crippen LogP contribution in [0.5, 0.6) is 0 Å². The van der Waals surface area contributed by atoms with Crippen LogP contribution in [0.3, 0.4) is 0 Å². The van der Waals surface area contributed by atoms with Gasteiger partial charge < -0.3 is 5.73 Å². The molecule has 0 bridgehead atoms. The van der Waals surface area contributed by atoms with Crippen molar-refractivity contribution in [3.05, 3.63) is 63.9 Å². The Kier molecular flexibility index (Phi) is 4.15. The molecule has 2 rings (SSSR count). The zero-order valence-corrected chi connectivity index (χ0v) is 12.2. The van der Waals surface area contributed by atoms with Crippen molar-refractivity contribution in [2.24, 2.45) is 5.73 Å². The molecule has 18 heavy (non-hydrogen) atoms. The van der Waals surface area contributed by atoms with E-state index in [4.69, 9.17) is 5.73 Å². The molecule has 2 N–H and O–H groups in total. The van der Waals surface area contributed by atoms with Crippen molar-refractivity contribution in [3.63, 3.8) is 0 Å². The van der Waals surface area contributed by atoms with Crippen molar-refractivity contribution in [1.82, 2.24) is 4.98 Å². The lowest BCUT2D eigenvalue weighted by molar-refractivity contribution is 0.595. The first kappa shape index (κ1) is 13.2. The first-order valence-electron chi connectivity index (χ1n) is 6.01. The van der Waals surface area contributed by atoms with Gasteiger partial charge in [-0.3, -0.25) is 4.98 Å². The van der Waals surface area contributed by atoms with E-state index in [1.165, 1.54) is 11.1 Å². The summed E-state index contributed by atoms with van der Waals surface area (Å²) in [5.41, 5.74) is 9.96. The Morgan fingerprint density at radius 2 is 1.83 bits per heavy atom. The lowest BCUT2D eigenvalue weighted by Gasteiger charge is -2.22. The van der Waals surface area contributed by atoms with Gasteiger partial charge in [0.2, 0.25) is 0 Å². The second-order valence-corrected chi connectivity index (χ2v) is 5.47. The van der Waals surface area contributed by atoms with Gasteiger partial charge in [-0.25, -0.2) is 0 Å². The summed E-state index contributed by atoms with van der Waals surface area (Å²) < 4.78 is 1.08. The van der Waals surface area contributed by atoms with Gasteiger partial charge >= 0.3 is 0 Å². The minimum atomic E-state index is -0.0256. The van der Waals surface area contributed by atoms with Gasteiger partial charge in [0, 0.05) is 28.8 Å². The predicted molar refractivity (Wildman–Crippen MR) is 78.5 cm³/mol. The second kappa shape index (κ2) is 5.63. The Balaban J connectivity index is 2.28. The molecule has 0 aliphatic heterocycles. The molecule has 0 amide bonds. The van der Waals surface area contributed by atoms with Crippen molar-refractivity contribution in [2.45, 2.75) is 25.8 Å². The van der Waals surface area contributed by atoms with Gasteiger partial charge in [0.1, 0.15) is 0 Å². The van der Waals surface area contributed by atoms with Crippen LogP contribution in [0.1, 0.15) is 35.6 Å². The maximum absolute atomic E-state index is 6.37. The summed E-state index contributed by atoms with van der Waals surface area (Å²) >= 11 is 3.60. The van der Waals surface area contributed by atoms with Crippen molar-refractivity contribution in [3.8, 4) is 0 Å². The quantitative estimate of drug-likeness (QED) is 0.932. The molecule has 0 aliphatic carbocycles. The molecular formula is C15H17BrN2. The minimum Gasteiger partial charge on any atom is -0.323 e. The molecule has 3 heteroatoms. The molecule has 0 saturated carbocycles. The van der Waals surface area contributed by atoms with E-state index >= 15 is 0 Å². The molecule has 0 fully saturated rings. The van der Waals surface area contributed by atoms with Gasteiger partial charge in [0.15, 0.2) is 0 Å². The molecule has 2 nitrogen and oxygen atoms in total. The number of pyridine rings is 1. The van der Waals surface area contributed by atoms with Crippen molar-refractivity contribution in [2.75, 3.05) is 0 Å². The van der Waals surface area contributed by atoms with Gasteiger partial charge in [-0.1, -0.05) is 35.0 Å².